The number of carbonyl (C=O) groups is 1. The van der Waals surface area contributed by atoms with Crippen LogP contribution in [0, 0.1) is 5.92 Å². The Bertz CT molecular complexity index is 676. The number of Topliss-reactive ketones (excluding diaryl/α,β-unsaturated/α-hetero) is 1. The molecule has 0 amide bonds. The van der Waals surface area contributed by atoms with Crippen molar-refractivity contribution in [2.24, 2.45) is 10.9 Å². The Morgan fingerprint density at radius 2 is 1.90 bits per heavy atom. The second kappa shape index (κ2) is 5.60. The molecule has 21 heavy (non-hydrogen) atoms. The van der Waals surface area contributed by atoms with Crippen LogP contribution in [0.5, 0.6) is 0 Å². The molecule has 1 fully saturated rings. The first-order valence-electron chi connectivity index (χ1n) is 7.27. The summed E-state index contributed by atoms with van der Waals surface area (Å²) in [5.74, 6) is 0.00336. The van der Waals surface area contributed by atoms with Crippen LogP contribution < -0.4 is 0 Å². The molecule has 1 aliphatic carbocycles. The van der Waals surface area contributed by atoms with Gasteiger partial charge in [0.2, 0.25) is 0 Å². The normalized spacial score (nSPS) is 21.0. The minimum absolute atomic E-state index is 0.000444. The molecular weight excluding hydrogens is 288 g/mol. The molecule has 0 unspecified atom stereocenters. The molecule has 0 atom stereocenters. The smallest absolute Gasteiger partial charge is 0.267 e. The molecule has 3 rings (SSSR count). The SMILES string of the molecule is O=C(CN1C=Nc2ccccc2S1(=O)=O)C1CCCCC1. The van der Waals surface area contributed by atoms with Gasteiger partial charge in [0.1, 0.15) is 11.2 Å². The van der Waals surface area contributed by atoms with E-state index in [-0.39, 0.29) is 23.1 Å². The summed E-state index contributed by atoms with van der Waals surface area (Å²) in [4.78, 5) is 16.6. The fourth-order valence-corrected chi connectivity index (χ4v) is 4.29. The monoisotopic (exact) mass is 306 g/mol. The molecule has 0 bridgehead atoms. The van der Waals surface area contributed by atoms with Crippen LogP contribution in [0.2, 0.25) is 0 Å². The van der Waals surface area contributed by atoms with Crippen molar-refractivity contribution < 1.29 is 13.2 Å². The topological polar surface area (TPSA) is 66.8 Å². The number of nitrogens with zero attached hydrogens (tertiary/aromatic N) is 2. The third-order valence-corrected chi connectivity index (χ3v) is 5.89. The molecule has 0 aromatic heterocycles. The molecule has 0 spiro atoms. The van der Waals surface area contributed by atoms with Crippen molar-refractivity contribution in [2.75, 3.05) is 6.54 Å². The lowest BCUT2D eigenvalue weighted by molar-refractivity contribution is -0.123. The van der Waals surface area contributed by atoms with E-state index in [1.54, 1.807) is 18.2 Å². The van der Waals surface area contributed by atoms with E-state index in [0.29, 0.717) is 5.69 Å². The van der Waals surface area contributed by atoms with E-state index in [2.05, 4.69) is 4.99 Å². The summed E-state index contributed by atoms with van der Waals surface area (Å²) < 4.78 is 26.1. The number of ketones is 1. The standard InChI is InChI=1S/C15H18N2O3S/c18-14(12-6-2-1-3-7-12)10-17-11-16-13-8-4-5-9-15(13)21(17,19)20/h4-5,8-9,11-12H,1-3,6-7,10H2. The summed E-state index contributed by atoms with van der Waals surface area (Å²) in [6, 6.07) is 6.59. The Labute approximate surface area is 124 Å². The lowest BCUT2D eigenvalue weighted by Crippen LogP contribution is -2.38. The van der Waals surface area contributed by atoms with E-state index in [0.717, 1.165) is 30.0 Å². The Balaban J connectivity index is 1.80. The maximum absolute atomic E-state index is 12.5. The maximum atomic E-state index is 12.5. The van der Waals surface area contributed by atoms with Crippen molar-refractivity contribution in [1.82, 2.24) is 4.31 Å². The molecule has 1 aliphatic heterocycles. The predicted molar refractivity (Wildman–Crippen MR) is 80.1 cm³/mol. The van der Waals surface area contributed by atoms with Gasteiger partial charge < -0.3 is 0 Å². The van der Waals surface area contributed by atoms with E-state index < -0.39 is 10.0 Å². The lowest BCUT2D eigenvalue weighted by Gasteiger charge is -2.26. The summed E-state index contributed by atoms with van der Waals surface area (Å²) in [6.07, 6.45) is 6.29. The quantitative estimate of drug-likeness (QED) is 0.861. The van der Waals surface area contributed by atoms with Crippen molar-refractivity contribution in [3.8, 4) is 0 Å². The summed E-state index contributed by atoms with van der Waals surface area (Å²) in [6.45, 7) is -0.106. The zero-order valence-corrected chi connectivity index (χ0v) is 12.6. The van der Waals surface area contributed by atoms with Gasteiger partial charge >= 0.3 is 0 Å². The first-order valence-corrected chi connectivity index (χ1v) is 8.71. The molecule has 5 nitrogen and oxygen atoms in total. The fraction of sp³-hybridized carbons (Fsp3) is 0.467. The molecule has 0 radical (unpaired) electrons. The molecule has 112 valence electrons. The number of rotatable bonds is 3. The Morgan fingerprint density at radius 3 is 2.67 bits per heavy atom. The number of hydrogen-bond donors (Lipinski definition) is 0. The average molecular weight is 306 g/mol. The highest BCUT2D eigenvalue weighted by atomic mass is 32.2. The molecule has 0 saturated heterocycles. The third kappa shape index (κ3) is 2.72. The highest BCUT2D eigenvalue weighted by Gasteiger charge is 2.31. The van der Waals surface area contributed by atoms with Crippen LogP contribution in [0.4, 0.5) is 5.69 Å². The molecule has 1 heterocycles. The summed E-state index contributed by atoms with van der Waals surface area (Å²) >= 11 is 0. The number of benzene rings is 1. The van der Waals surface area contributed by atoms with Crippen LogP contribution in [0.1, 0.15) is 32.1 Å². The van der Waals surface area contributed by atoms with Crippen LogP contribution in [-0.2, 0) is 14.8 Å². The van der Waals surface area contributed by atoms with Gasteiger partial charge in [-0.15, -0.1) is 0 Å². The Kier molecular flexibility index (Phi) is 3.80. The molecule has 1 aromatic carbocycles. The zero-order valence-electron chi connectivity index (χ0n) is 11.7. The third-order valence-electron chi connectivity index (χ3n) is 4.15. The number of aliphatic imine (C=N–C) groups is 1. The predicted octanol–water partition coefficient (Wildman–Crippen LogP) is 2.50. The second-order valence-corrected chi connectivity index (χ2v) is 7.42. The van der Waals surface area contributed by atoms with Gasteiger partial charge in [-0.25, -0.2) is 17.7 Å². The van der Waals surface area contributed by atoms with E-state index >= 15 is 0 Å². The van der Waals surface area contributed by atoms with Crippen LogP contribution in [0.15, 0.2) is 34.2 Å². The Morgan fingerprint density at radius 1 is 1.19 bits per heavy atom. The van der Waals surface area contributed by atoms with Gasteiger partial charge in [-0.1, -0.05) is 31.4 Å². The van der Waals surface area contributed by atoms with Crippen molar-refractivity contribution >= 4 is 27.8 Å². The minimum Gasteiger partial charge on any atom is -0.297 e. The van der Waals surface area contributed by atoms with Crippen molar-refractivity contribution in [2.45, 2.75) is 37.0 Å². The van der Waals surface area contributed by atoms with E-state index in [4.69, 9.17) is 0 Å². The van der Waals surface area contributed by atoms with Crippen LogP contribution in [-0.4, -0.2) is 31.4 Å². The number of para-hydroxylation sites is 1. The number of sulfonamides is 1. The van der Waals surface area contributed by atoms with Gasteiger partial charge in [0.15, 0.2) is 5.78 Å². The molecule has 1 saturated carbocycles. The van der Waals surface area contributed by atoms with Gasteiger partial charge in [0.05, 0.1) is 12.2 Å². The fourth-order valence-electron chi connectivity index (χ4n) is 2.93. The van der Waals surface area contributed by atoms with Crippen LogP contribution in [0.25, 0.3) is 0 Å². The van der Waals surface area contributed by atoms with Gasteiger partial charge in [-0.2, -0.15) is 0 Å². The van der Waals surface area contributed by atoms with Crippen molar-refractivity contribution in [1.29, 1.82) is 0 Å². The van der Waals surface area contributed by atoms with Crippen LogP contribution in [0.3, 0.4) is 0 Å². The minimum atomic E-state index is -3.65. The summed E-state index contributed by atoms with van der Waals surface area (Å²) in [7, 11) is -3.65. The number of hydrogen-bond acceptors (Lipinski definition) is 4. The molecule has 0 N–H and O–H groups in total. The first kappa shape index (κ1) is 14.3. The van der Waals surface area contributed by atoms with Crippen LogP contribution >= 0.6 is 0 Å². The van der Waals surface area contributed by atoms with Gasteiger partial charge in [0, 0.05) is 5.92 Å². The summed E-state index contributed by atoms with van der Waals surface area (Å²) in [5.41, 5.74) is 0.430. The van der Waals surface area contributed by atoms with Gasteiger partial charge in [0.25, 0.3) is 10.0 Å². The van der Waals surface area contributed by atoms with Crippen molar-refractivity contribution in [3.63, 3.8) is 0 Å². The lowest BCUT2D eigenvalue weighted by atomic mass is 9.86. The molecule has 2 aliphatic rings. The molecular formula is C15H18N2O3S. The first-order chi connectivity index (χ1) is 10.1. The van der Waals surface area contributed by atoms with Gasteiger partial charge in [-0.3, -0.25) is 4.79 Å². The highest BCUT2D eigenvalue weighted by Crippen LogP contribution is 2.30. The van der Waals surface area contributed by atoms with E-state index in [1.165, 1.54) is 18.8 Å². The molecule has 6 heteroatoms. The number of fused-ring (bicyclic) bond motifs is 1. The number of carbonyl (C=O) groups excluding carboxylic acids is 1. The Hall–Kier alpha value is -1.69. The second-order valence-electron chi connectivity index (χ2n) is 5.56. The maximum Gasteiger partial charge on any atom is 0.267 e. The summed E-state index contributed by atoms with van der Waals surface area (Å²) in [5, 5.41) is 0. The van der Waals surface area contributed by atoms with Gasteiger partial charge in [-0.05, 0) is 25.0 Å². The zero-order chi connectivity index (χ0) is 14.9. The van der Waals surface area contributed by atoms with E-state index in [1.807, 2.05) is 0 Å². The average Bonchev–Trinajstić information content (AvgIpc) is 2.51. The largest absolute Gasteiger partial charge is 0.297 e. The van der Waals surface area contributed by atoms with E-state index in [9.17, 15) is 13.2 Å². The van der Waals surface area contributed by atoms with Crippen molar-refractivity contribution in [3.05, 3.63) is 24.3 Å². The molecule has 1 aromatic rings. The highest BCUT2D eigenvalue weighted by molar-refractivity contribution is 7.89.